The van der Waals surface area contributed by atoms with E-state index in [0.717, 1.165) is 0 Å². The van der Waals surface area contributed by atoms with Gasteiger partial charge in [-0.15, -0.1) is 0 Å². The first-order valence-electron chi connectivity index (χ1n) is 7.89. The SMILES string of the molecule is CC(=O)N1c2ccc(C(=O)NCC(C)(C)CN)cc2NC(=O)C1C. The zero-order valence-corrected chi connectivity index (χ0v) is 14.5. The van der Waals surface area contributed by atoms with E-state index >= 15 is 0 Å². The summed E-state index contributed by atoms with van der Waals surface area (Å²) in [5, 5.41) is 5.58. The summed E-state index contributed by atoms with van der Waals surface area (Å²) in [6.45, 7) is 7.91. The fourth-order valence-electron chi connectivity index (χ4n) is 2.49. The third-order valence-corrected chi connectivity index (χ3v) is 4.16. The average Bonchev–Trinajstić information content (AvgIpc) is 2.53. The minimum atomic E-state index is -0.583. The molecule has 0 radical (unpaired) electrons. The standard InChI is InChI=1S/C17H24N4O3/c1-10-15(23)20-13-7-12(5-6-14(13)21(10)11(2)22)16(24)19-9-17(3,4)8-18/h5-7,10H,8-9,18H2,1-4H3,(H,19,24)(H,20,23). The third-order valence-electron chi connectivity index (χ3n) is 4.16. The molecule has 0 saturated heterocycles. The van der Waals surface area contributed by atoms with Crippen molar-refractivity contribution in [3.8, 4) is 0 Å². The Morgan fingerprint density at radius 3 is 2.62 bits per heavy atom. The number of carbonyl (C=O) groups excluding carboxylic acids is 3. The highest BCUT2D eigenvalue weighted by molar-refractivity contribution is 6.12. The molecule has 0 saturated carbocycles. The predicted octanol–water partition coefficient (Wildman–Crippen LogP) is 1.09. The Bertz CT molecular complexity index is 684. The van der Waals surface area contributed by atoms with Gasteiger partial charge < -0.3 is 16.4 Å². The minimum Gasteiger partial charge on any atom is -0.351 e. The fraction of sp³-hybridized carbons (Fsp3) is 0.471. The molecule has 7 heteroatoms. The van der Waals surface area contributed by atoms with Gasteiger partial charge in [0.25, 0.3) is 5.91 Å². The van der Waals surface area contributed by atoms with Gasteiger partial charge in [-0.25, -0.2) is 0 Å². The lowest BCUT2D eigenvalue weighted by Gasteiger charge is -2.34. The van der Waals surface area contributed by atoms with Gasteiger partial charge >= 0.3 is 0 Å². The van der Waals surface area contributed by atoms with E-state index in [1.54, 1.807) is 25.1 Å². The summed E-state index contributed by atoms with van der Waals surface area (Å²) in [6.07, 6.45) is 0. The third kappa shape index (κ3) is 3.56. The summed E-state index contributed by atoms with van der Waals surface area (Å²) in [5.74, 6) is -0.749. The number of carbonyl (C=O) groups is 3. The number of hydrogen-bond donors (Lipinski definition) is 3. The van der Waals surface area contributed by atoms with Crippen molar-refractivity contribution in [2.24, 2.45) is 11.1 Å². The molecule has 1 aliphatic rings. The van der Waals surface area contributed by atoms with Gasteiger partial charge in [0.15, 0.2) is 0 Å². The molecule has 0 aliphatic carbocycles. The Kier molecular flexibility index (Phi) is 4.94. The summed E-state index contributed by atoms with van der Waals surface area (Å²) < 4.78 is 0. The van der Waals surface area contributed by atoms with Crippen molar-refractivity contribution in [2.75, 3.05) is 23.3 Å². The minimum absolute atomic E-state index is 0.195. The predicted molar refractivity (Wildman–Crippen MR) is 92.9 cm³/mol. The van der Waals surface area contributed by atoms with Crippen molar-refractivity contribution in [1.29, 1.82) is 0 Å². The van der Waals surface area contributed by atoms with Gasteiger partial charge in [0.05, 0.1) is 11.4 Å². The monoisotopic (exact) mass is 332 g/mol. The van der Waals surface area contributed by atoms with Crippen molar-refractivity contribution in [3.63, 3.8) is 0 Å². The van der Waals surface area contributed by atoms with Crippen LogP contribution < -0.4 is 21.3 Å². The summed E-state index contributed by atoms with van der Waals surface area (Å²) in [7, 11) is 0. The summed E-state index contributed by atoms with van der Waals surface area (Å²) in [5.41, 5.74) is 6.93. The molecule has 1 aliphatic heterocycles. The molecule has 0 aromatic heterocycles. The number of rotatable bonds is 4. The maximum absolute atomic E-state index is 12.3. The van der Waals surface area contributed by atoms with Gasteiger partial charge in [-0.1, -0.05) is 13.8 Å². The number of nitrogens with two attached hydrogens (primary N) is 1. The molecular weight excluding hydrogens is 308 g/mol. The molecular formula is C17H24N4O3. The van der Waals surface area contributed by atoms with E-state index in [2.05, 4.69) is 10.6 Å². The Morgan fingerprint density at radius 1 is 1.38 bits per heavy atom. The quantitative estimate of drug-likeness (QED) is 0.768. The van der Waals surface area contributed by atoms with E-state index in [4.69, 9.17) is 5.73 Å². The summed E-state index contributed by atoms with van der Waals surface area (Å²) >= 11 is 0. The topological polar surface area (TPSA) is 105 Å². The van der Waals surface area contributed by atoms with E-state index < -0.39 is 6.04 Å². The second-order valence-corrected chi connectivity index (χ2v) is 6.84. The van der Waals surface area contributed by atoms with Gasteiger partial charge in [-0.05, 0) is 37.1 Å². The molecule has 1 heterocycles. The molecule has 1 unspecified atom stereocenters. The largest absolute Gasteiger partial charge is 0.351 e. The highest BCUT2D eigenvalue weighted by Crippen LogP contribution is 2.33. The lowest BCUT2D eigenvalue weighted by molar-refractivity contribution is -0.122. The molecule has 3 amide bonds. The average molecular weight is 332 g/mol. The molecule has 4 N–H and O–H groups in total. The maximum Gasteiger partial charge on any atom is 0.251 e. The highest BCUT2D eigenvalue weighted by atomic mass is 16.2. The number of nitrogens with one attached hydrogen (secondary N) is 2. The van der Waals surface area contributed by atoms with E-state index in [-0.39, 0.29) is 23.1 Å². The van der Waals surface area contributed by atoms with Crippen LogP contribution in [0.25, 0.3) is 0 Å². The van der Waals surface area contributed by atoms with E-state index in [1.165, 1.54) is 11.8 Å². The summed E-state index contributed by atoms with van der Waals surface area (Å²) in [4.78, 5) is 37.6. The molecule has 1 aromatic carbocycles. The molecule has 7 nitrogen and oxygen atoms in total. The van der Waals surface area contributed by atoms with Crippen LogP contribution in [-0.2, 0) is 9.59 Å². The molecule has 0 fully saturated rings. The molecule has 2 rings (SSSR count). The second kappa shape index (κ2) is 6.60. The summed E-state index contributed by atoms with van der Waals surface area (Å²) in [6, 6.07) is 4.32. The molecule has 0 bridgehead atoms. The van der Waals surface area contributed by atoms with Crippen LogP contribution in [-0.4, -0.2) is 36.9 Å². The Balaban J connectivity index is 2.25. The fourth-order valence-corrected chi connectivity index (χ4v) is 2.49. The van der Waals surface area contributed by atoms with Gasteiger partial charge in [-0.2, -0.15) is 0 Å². The van der Waals surface area contributed by atoms with Crippen molar-refractivity contribution < 1.29 is 14.4 Å². The van der Waals surface area contributed by atoms with Crippen molar-refractivity contribution >= 4 is 29.1 Å². The smallest absolute Gasteiger partial charge is 0.251 e. The van der Waals surface area contributed by atoms with Crippen LogP contribution >= 0.6 is 0 Å². The van der Waals surface area contributed by atoms with Crippen LogP contribution in [0.4, 0.5) is 11.4 Å². The normalized spacial score (nSPS) is 17.1. The van der Waals surface area contributed by atoms with Gasteiger partial charge in [0.1, 0.15) is 6.04 Å². The van der Waals surface area contributed by atoms with E-state index in [0.29, 0.717) is 30.0 Å². The molecule has 1 aromatic rings. The second-order valence-electron chi connectivity index (χ2n) is 6.84. The van der Waals surface area contributed by atoms with Crippen molar-refractivity contribution in [2.45, 2.75) is 33.7 Å². The maximum atomic E-state index is 12.3. The van der Waals surface area contributed by atoms with Crippen LogP contribution in [0.3, 0.4) is 0 Å². The molecule has 1 atom stereocenters. The first-order valence-corrected chi connectivity index (χ1v) is 7.89. The Hall–Kier alpha value is -2.41. The van der Waals surface area contributed by atoms with Gasteiger partial charge in [0, 0.05) is 19.0 Å². The van der Waals surface area contributed by atoms with Gasteiger partial charge in [-0.3, -0.25) is 19.3 Å². The van der Waals surface area contributed by atoms with Crippen LogP contribution in [0.5, 0.6) is 0 Å². The lowest BCUT2D eigenvalue weighted by Crippen LogP contribution is -2.48. The molecule has 24 heavy (non-hydrogen) atoms. The zero-order valence-electron chi connectivity index (χ0n) is 14.5. The van der Waals surface area contributed by atoms with Crippen LogP contribution in [0.2, 0.25) is 0 Å². The van der Waals surface area contributed by atoms with Crippen LogP contribution in [0.15, 0.2) is 18.2 Å². The number of anilines is 2. The van der Waals surface area contributed by atoms with Crippen LogP contribution in [0.1, 0.15) is 38.1 Å². The Morgan fingerprint density at radius 2 is 2.04 bits per heavy atom. The number of amides is 3. The first kappa shape index (κ1) is 17.9. The molecule has 130 valence electrons. The lowest BCUT2D eigenvalue weighted by atomic mass is 9.94. The van der Waals surface area contributed by atoms with Crippen molar-refractivity contribution in [1.82, 2.24) is 5.32 Å². The van der Waals surface area contributed by atoms with Gasteiger partial charge in [0.2, 0.25) is 11.8 Å². The number of nitrogens with zero attached hydrogens (tertiary/aromatic N) is 1. The van der Waals surface area contributed by atoms with Crippen LogP contribution in [0, 0.1) is 5.41 Å². The van der Waals surface area contributed by atoms with E-state index in [9.17, 15) is 14.4 Å². The number of hydrogen-bond acceptors (Lipinski definition) is 4. The number of fused-ring (bicyclic) bond motifs is 1. The molecule has 0 spiro atoms. The van der Waals surface area contributed by atoms with Crippen molar-refractivity contribution in [3.05, 3.63) is 23.8 Å². The Labute approximate surface area is 141 Å². The first-order chi connectivity index (χ1) is 11.2. The number of benzene rings is 1. The van der Waals surface area contributed by atoms with E-state index in [1.807, 2.05) is 13.8 Å². The highest BCUT2D eigenvalue weighted by Gasteiger charge is 2.32. The zero-order chi connectivity index (χ0) is 18.1.